The number of methoxy groups -OCH3 is 1. The fourth-order valence-electron chi connectivity index (χ4n) is 4.59. The molecule has 12 heteroatoms. The Kier molecular flexibility index (Phi) is 7.51. The molecule has 0 bridgehead atoms. The molecule has 3 N–H and O–H groups in total. The molecule has 2 aromatic carbocycles. The Balaban J connectivity index is 1.19. The van der Waals surface area contributed by atoms with Gasteiger partial charge in [-0.05, 0) is 29.8 Å². The van der Waals surface area contributed by atoms with Crippen LogP contribution < -0.4 is 14.4 Å². The van der Waals surface area contributed by atoms with Gasteiger partial charge in [-0.1, -0.05) is 24.3 Å². The van der Waals surface area contributed by atoms with Crippen molar-refractivity contribution in [2.45, 2.75) is 19.4 Å². The van der Waals surface area contributed by atoms with Crippen LogP contribution in [0.2, 0.25) is 0 Å². The van der Waals surface area contributed by atoms with Gasteiger partial charge in [-0.25, -0.2) is 4.98 Å². The standard InChI is InChI=1S/C28H30N8O4/c1-38-24-14-18(6-7-19(24)17-37)8-11-40-28-32-25(31-27(33-28)36-9-12-39-13-10-36)16-20-15-23(35-34-20)26-29-21-4-2-3-5-22(21)30-26/h2-7,14-15,37H,8-13,16-17H2,1H3,(H,29,30)(H,34,35). The van der Waals surface area contributed by atoms with Crippen LogP contribution in [0.4, 0.5) is 5.95 Å². The number of H-pyrrole nitrogens is 2. The summed E-state index contributed by atoms with van der Waals surface area (Å²) in [5.41, 5.74) is 5.17. The van der Waals surface area contributed by atoms with Gasteiger partial charge in [-0.2, -0.15) is 20.1 Å². The van der Waals surface area contributed by atoms with Gasteiger partial charge in [-0.3, -0.25) is 5.10 Å². The number of imidazole rings is 1. The Labute approximate surface area is 230 Å². The van der Waals surface area contributed by atoms with Gasteiger partial charge in [0.2, 0.25) is 5.95 Å². The van der Waals surface area contributed by atoms with E-state index < -0.39 is 0 Å². The monoisotopic (exact) mass is 542 g/mol. The largest absolute Gasteiger partial charge is 0.496 e. The minimum Gasteiger partial charge on any atom is -0.496 e. The van der Waals surface area contributed by atoms with Crippen LogP contribution >= 0.6 is 0 Å². The molecule has 4 heterocycles. The van der Waals surface area contributed by atoms with Crippen molar-refractivity contribution >= 4 is 17.0 Å². The SMILES string of the molecule is COc1cc(CCOc2nc(Cc3cc(-c4nc5ccccc5[nH]4)n[nH]3)nc(N3CCOCC3)n2)ccc1CO. The van der Waals surface area contributed by atoms with Crippen molar-refractivity contribution in [3.8, 4) is 23.3 Å². The third-order valence-corrected chi connectivity index (χ3v) is 6.70. The molecule has 1 saturated heterocycles. The highest BCUT2D eigenvalue weighted by Gasteiger charge is 2.18. The van der Waals surface area contributed by atoms with Gasteiger partial charge >= 0.3 is 6.01 Å². The van der Waals surface area contributed by atoms with Gasteiger partial charge in [-0.15, -0.1) is 0 Å². The second kappa shape index (κ2) is 11.7. The Hall–Kier alpha value is -4.55. The number of aliphatic hydroxyl groups excluding tert-OH is 1. The lowest BCUT2D eigenvalue weighted by Crippen LogP contribution is -2.37. The topological polar surface area (TPSA) is 147 Å². The first-order valence-corrected chi connectivity index (χ1v) is 13.1. The maximum Gasteiger partial charge on any atom is 0.321 e. The summed E-state index contributed by atoms with van der Waals surface area (Å²) < 4.78 is 16.9. The van der Waals surface area contributed by atoms with Crippen molar-refractivity contribution < 1.29 is 19.3 Å². The zero-order valence-corrected chi connectivity index (χ0v) is 22.1. The number of ether oxygens (including phenoxy) is 3. The van der Waals surface area contributed by atoms with E-state index in [9.17, 15) is 5.11 Å². The van der Waals surface area contributed by atoms with Crippen LogP contribution in [0.15, 0.2) is 48.5 Å². The van der Waals surface area contributed by atoms with Gasteiger partial charge in [0.1, 0.15) is 17.3 Å². The molecule has 6 rings (SSSR count). The summed E-state index contributed by atoms with van der Waals surface area (Å²) in [4.78, 5) is 23.9. The van der Waals surface area contributed by atoms with E-state index in [4.69, 9.17) is 19.2 Å². The molecule has 1 aliphatic rings. The van der Waals surface area contributed by atoms with Crippen molar-refractivity contribution in [2.75, 3.05) is 44.9 Å². The number of nitrogens with one attached hydrogen (secondary N) is 2. The maximum absolute atomic E-state index is 9.47. The highest BCUT2D eigenvalue weighted by molar-refractivity contribution is 5.78. The van der Waals surface area contributed by atoms with Crippen molar-refractivity contribution in [1.29, 1.82) is 0 Å². The molecule has 0 saturated carbocycles. The molecule has 3 aromatic heterocycles. The number of fused-ring (bicyclic) bond motifs is 1. The number of aromatic nitrogens is 7. The van der Waals surface area contributed by atoms with Crippen LogP contribution in [-0.4, -0.2) is 80.2 Å². The first-order chi connectivity index (χ1) is 19.7. The highest BCUT2D eigenvalue weighted by atomic mass is 16.5. The van der Waals surface area contributed by atoms with Crippen LogP contribution in [0.3, 0.4) is 0 Å². The summed E-state index contributed by atoms with van der Waals surface area (Å²) in [5, 5.41) is 17.0. The van der Waals surface area contributed by atoms with E-state index in [1.807, 2.05) is 48.5 Å². The van der Waals surface area contributed by atoms with E-state index >= 15 is 0 Å². The summed E-state index contributed by atoms with van der Waals surface area (Å²) in [6.45, 7) is 2.91. The van der Waals surface area contributed by atoms with Gasteiger partial charge < -0.3 is 29.2 Å². The third-order valence-electron chi connectivity index (χ3n) is 6.70. The summed E-state index contributed by atoms with van der Waals surface area (Å²) >= 11 is 0. The molecular formula is C28H30N8O4. The Morgan fingerprint density at radius 1 is 1.02 bits per heavy atom. The van der Waals surface area contributed by atoms with Gasteiger partial charge in [0.05, 0.1) is 44.6 Å². The van der Waals surface area contributed by atoms with E-state index in [-0.39, 0.29) is 12.6 Å². The molecule has 206 valence electrons. The highest BCUT2D eigenvalue weighted by Crippen LogP contribution is 2.22. The van der Waals surface area contributed by atoms with Gasteiger partial charge in [0, 0.05) is 37.2 Å². The molecule has 40 heavy (non-hydrogen) atoms. The number of morpholine rings is 1. The minimum absolute atomic E-state index is 0.0754. The van der Waals surface area contributed by atoms with Crippen LogP contribution in [0.25, 0.3) is 22.6 Å². The van der Waals surface area contributed by atoms with Crippen molar-refractivity contribution in [1.82, 2.24) is 35.1 Å². The van der Waals surface area contributed by atoms with E-state index in [2.05, 4.69) is 35.0 Å². The second-order valence-corrected chi connectivity index (χ2v) is 9.39. The lowest BCUT2D eigenvalue weighted by molar-refractivity contribution is 0.122. The third kappa shape index (κ3) is 5.72. The molecule has 0 spiro atoms. The van der Waals surface area contributed by atoms with Crippen LogP contribution in [-0.2, 0) is 24.2 Å². The fourth-order valence-corrected chi connectivity index (χ4v) is 4.59. The summed E-state index contributed by atoms with van der Waals surface area (Å²) in [6, 6.07) is 15.8. The van der Waals surface area contributed by atoms with Crippen LogP contribution in [0.1, 0.15) is 22.6 Å². The van der Waals surface area contributed by atoms with Crippen molar-refractivity contribution in [2.24, 2.45) is 0 Å². The molecule has 0 atom stereocenters. The molecular weight excluding hydrogens is 512 g/mol. The normalized spacial score (nSPS) is 13.6. The lowest BCUT2D eigenvalue weighted by atomic mass is 10.1. The minimum atomic E-state index is -0.0754. The van der Waals surface area contributed by atoms with E-state index in [1.54, 1.807) is 7.11 Å². The average Bonchev–Trinajstić information content (AvgIpc) is 3.64. The van der Waals surface area contributed by atoms with Gasteiger partial charge in [0.15, 0.2) is 5.82 Å². The first kappa shape index (κ1) is 25.7. The summed E-state index contributed by atoms with van der Waals surface area (Å²) in [6.07, 6.45) is 1.04. The number of rotatable bonds is 10. The molecule has 0 radical (unpaired) electrons. The molecule has 0 amide bonds. The zero-order chi connectivity index (χ0) is 27.3. The number of aliphatic hydroxyl groups is 1. The van der Waals surface area contributed by atoms with E-state index in [1.165, 1.54) is 0 Å². The maximum atomic E-state index is 9.47. The van der Waals surface area contributed by atoms with Crippen LogP contribution in [0, 0.1) is 0 Å². The summed E-state index contributed by atoms with van der Waals surface area (Å²) in [7, 11) is 1.59. The average molecular weight is 543 g/mol. The van der Waals surface area contributed by atoms with E-state index in [0.717, 1.165) is 27.9 Å². The molecule has 1 aliphatic heterocycles. The first-order valence-electron chi connectivity index (χ1n) is 13.1. The van der Waals surface area contributed by atoms with E-state index in [0.29, 0.717) is 74.8 Å². The number of para-hydroxylation sites is 2. The Morgan fingerprint density at radius 2 is 1.90 bits per heavy atom. The number of anilines is 1. The fraction of sp³-hybridized carbons (Fsp3) is 0.321. The molecule has 0 unspecified atom stereocenters. The number of benzene rings is 2. The number of hydrogen-bond donors (Lipinski definition) is 3. The quantitative estimate of drug-likeness (QED) is 0.241. The molecule has 0 aliphatic carbocycles. The predicted octanol–water partition coefficient (Wildman–Crippen LogP) is 2.69. The molecule has 12 nitrogen and oxygen atoms in total. The molecule has 1 fully saturated rings. The number of hydrogen-bond acceptors (Lipinski definition) is 10. The lowest BCUT2D eigenvalue weighted by Gasteiger charge is -2.27. The smallest absolute Gasteiger partial charge is 0.321 e. The molecule has 5 aromatic rings. The van der Waals surface area contributed by atoms with Crippen LogP contribution in [0.5, 0.6) is 11.8 Å². The number of nitrogens with zero attached hydrogens (tertiary/aromatic N) is 6. The van der Waals surface area contributed by atoms with Crippen molar-refractivity contribution in [3.05, 3.63) is 71.2 Å². The Morgan fingerprint density at radius 3 is 2.73 bits per heavy atom. The summed E-state index contributed by atoms with van der Waals surface area (Å²) in [5.74, 6) is 2.48. The van der Waals surface area contributed by atoms with Crippen molar-refractivity contribution in [3.63, 3.8) is 0 Å². The Bertz CT molecular complexity index is 1560. The predicted molar refractivity (Wildman–Crippen MR) is 147 cm³/mol. The second-order valence-electron chi connectivity index (χ2n) is 9.39. The zero-order valence-electron chi connectivity index (χ0n) is 22.1. The van der Waals surface area contributed by atoms with Gasteiger partial charge in [0.25, 0.3) is 0 Å². The number of aromatic amines is 2.